The van der Waals surface area contributed by atoms with Crippen LogP contribution in [0.4, 0.5) is 0 Å². The van der Waals surface area contributed by atoms with Gasteiger partial charge in [0.1, 0.15) is 0 Å². The molecule has 0 heterocycles. The summed E-state index contributed by atoms with van der Waals surface area (Å²) in [5.74, 6) is -0.0321. The third-order valence-electron chi connectivity index (χ3n) is 4.32. The summed E-state index contributed by atoms with van der Waals surface area (Å²) in [6, 6.07) is 0. The van der Waals surface area contributed by atoms with Crippen molar-refractivity contribution in [2.75, 3.05) is 7.11 Å². The van der Waals surface area contributed by atoms with Crippen molar-refractivity contribution in [2.24, 2.45) is 10.8 Å². The topological polar surface area (TPSA) is 26.3 Å². The Labute approximate surface area is 101 Å². The third kappa shape index (κ3) is 2.78. The average Bonchev–Trinajstić information content (AvgIpc) is 2.29. The summed E-state index contributed by atoms with van der Waals surface area (Å²) in [4.78, 5) is 12.2. The minimum Gasteiger partial charge on any atom is -0.469 e. The van der Waals surface area contributed by atoms with Crippen LogP contribution in [-0.4, -0.2) is 13.1 Å². The highest BCUT2D eigenvalue weighted by atomic mass is 16.5. The quantitative estimate of drug-likeness (QED) is 0.611. The fourth-order valence-electron chi connectivity index (χ4n) is 2.53. The number of ether oxygens (including phenoxy) is 1. The fourth-order valence-corrected chi connectivity index (χ4v) is 2.53. The van der Waals surface area contributed by atoms with Crippen molar-refractivity contribution in [2.45, 2.75) is 66.7 Å². The number of rotatable bonds is 7. The lowest BCUT2D eigenvalue weighted by Crippen LogP contribution is -2.44. The number of esters is 1. The molecule has 96 valence electrons. The van der Waals surface area contributed by atoms with Gasteiger partial charge in [0, 0.05) is 0 Å². The lowest BCUT2D eigenvalue weighted by Gasteiger charge is -2.44. The van der Waals surface area contributed by atoms with Crippen molar-refractivity contribution in [1.29, 1.82) is 0 Å². The fraction of sp³-hybridized carbons (Fsp3) is 0.929. The number of carbonyl (C=O) groups excluding carboxylic acids is 1. The predicted molar refractivity (Wildman–Crippen MR) is 68.3 cm³/mol. The van der Waals surface area contributed by atoms with Crippen LogP contribution in [0.1, 0.15) is 66.7 Å². The summed E-state index contributed by atoms with van der Waals surface area (Å²) in [5, 5.41) is 0. The molecule has 1 unspecified atom stereocenters. The zero-order valence-corrected chi connectivity index (χ0v) is 11.9. The van der Waals surface area contributed by atoms with Crippen LogP contribution in [0.5, 0.6) is 0 Å². The van der Waals surface area contributed by atoms with E-state index in [1.807, 2.05) is 0 Å². The maximum Gasteiger partial charge on any atom is 0.312 e. The average molecular weight is 228 g/mol. The first-order chi connectivity index (χ1) is 7.41. The largest absolute Gasteiger partial charge is 0.469 e. The van der Waals surface area contributed by atoms with E-state index in [-0.39, 0.29) is 16.8 Å². The van der Waals surface area contributed by atoms with Crippen molar-refractivity contribution in [3.05, 3.63) is 0 Å². The first-order valence-corrected chi connectivity index (χ1v) is 6.50. The van der Waals surface area contributed by atoms with E-state index in [1.165, 1.54) is 7.11 Å². The van der Waals surface area contributed by atoms with Gasteiger partial charge in [0.25, 0.3) is 0 Å². The van der Waals surface area contributed by atoms with Gasteiger partial charge in [0.05, 0.1) is 12.5 Å². The minimum atomic E-state index is -0.313. The molecular formula is C14H28O2. The molecule has 0 aliphatic rings. The number of hydrogen-bond donors (Lipinski definition) is 0. The molecule has 2 heteroatoms. The first-order valence-electron chi connectivity index (χ1n) is 6.50. The van der Waals surface area contributed by atoms with Crippen LogP contribution >= 0.6 is 0 Å². The predicted octanol–water partition coefficient (Wildman–Crippen LogP) is 4.18. The summed E-state index contributed by atoms with van der Waals surface area (Å²) in [6.07, 6.45) is 5.01. The van der Waals surface area contributed by atoms with Crippen molar-refractivity contribution in [3.63, 3.8) is 0 Å². The molecule has 1 atom stereocenters. The Bertz CT molecular complexity index is 221. The molecular weight excluding hydrogens is 200 g/mol. The van der Waals surface area contributed by atoms with Gasteiger partial charge in [-0.15, -0.1) is 0 Å². The molecule has 0 aliphatic carbocycles. The summed E-state index contributed by atoms with van der Waals surface area (Å²) in [5.41, 5.74) is -0.309. The molecule has 0 rings (SSSR count). The highest BCUT2D eigenvalue weighted by Gasteiger charge is 2.48. The second kappa shape index (κ2) is 6.27. The van der Waals surface area contributed by atoms with E-state index in [0.29, 0.717) is 0 Å². The van der Waals surface area contributed by atoms with Gasteiger partial charge in [-0.1, -0.05) is 47.5 Å². The Morgan fingerprint density at radius 3 is 2.00 bits per heavy atom. The van der Waals surface area contributed by atoms with Crippen molar-refractivity contribution < 1.29 is 9.53 Å². The van der Waals surface area contributed by atoms with Gasteiger partial charge in [-0.25, -0.2) is 0 Å². The van der Waals surface area contributed by atoms with Crippen molar-refractivity contribution in [1.82, 2.24) is 0 Å². The SMILES string of the molecule is CCCCC(CC)(C(=O)OC)C(C)(C)CC. The zero-order chi connectivity index (χ0) is 12.8. The lowest BCUT2D eigenvalue weighted by atomic mass is 9.60. The molecule has 0 fully saturated rings. The van der Waals surface area contributed by atoms with E-state index >= 15 is 0 Å². The Morgan fingerprint density at radius 2 is 1.69 bits per heavy atom. The molecule has 0 N–H and O–H groups in total. The van der Waals surface area contributed by atoms with Gasteiger partial charge in [-0.05, 0) is 24.7 Å². The molecule has 0 amide bonds. The monoisotopic (exact) mass is 228 g/mol. The standard InChI is InChI=1S/C14H28O2/c1-7-10-11-14(9-3,12(15)16-6)13(4,5)8-2/h7-11H2,1-6H3. The Balaban J connectivity index is 5.18. The summed E-state index contributed by atoms with van der Waals surface area (Å²) in [6.45, 7) is 10.8. The number of methoxy groups -OCH3 is 1. The Morgan fingerprint density at radius 1 is 1.12 bits per heavy atom. The minimum absolute atomic E-state index is 0.00398. The van der Waals surface area contributed by atoms with Crippen LogP contribution in [0.3, 0.4) is 0 Å². The van der Waals surface area contributed by atoms with E-state index in [9.17, 15) is 4.79 Å². The molecule has 0 aromatic rings. The van der Waals surface area contributed by atoms with Crippen LogP contribution < -0.4 is 0 Å². The smallest absolute Gasteiger partial charge is 0.312 e. The maximum atomic E-state index is 12.2. The van der Waals surface area contributed by atoms with E-state index < -0.39 is 0 Å². The van der Waals surface area contributed by atoms with Crippen LogP contribution in [0.25, 0.3) is 0 Å². The van der Waals surface area contributed by atoms with Crippen molar-refractivity contribution >= 4 is 5.97 Å². The van der Waals surface area contributed by atoms with Gasteiger partial charge in [0.15, 0.2) is 0 Å². The molecule has 16 heavy (non-hydrogen) atoms. The maximum absolute atomic E-state index is 12.2. The second-order valence-corrected chi connectivity index (χ2v) is 5.27. The number of hydrogen-bond acceptors (Lipinski definition) is 2. The van der Waals surface area contributed by atoms with Crippen LogP contribution in [-0.2, 0) is 9.53 Å². The van der Waals surface area contributed by atoms with Gasteiger partial charge in [-0.3, -0.25) is 4.79 Å². The van der Waals surface area contributed by atoms with Crippen LogP contribution in [0.15, 0.2) is 0 Å². The number of carbonyl (C=O) groups is 1. The third-order valence-corrected chi connectivity index (χ3v) is 4.32. The van der Waals surface area contributed by atoms with Gasteiger partial charge >= 0.3 is 5.97 Å². The molecule has 0 saturated heterocycles. The number of unbranched alkanes of at least 4 members (excludes halogenated alkanes) is 1. The van der Waals surface area contributed by atoms with Gasteiger partial charge in [-0.2, -0.15) is 0 Å². The summed E-state index contributed by atoms with van der Waals surface area (Å²) in [7, 11) is 1.50. The van der Waals surface area contributed by atoms with Gasteiger partial charge < -0.3 is 4.74 Å². The highest BCUT2D eigenvalue weighted by Crippen LogP contribution is 2.48. The molecule has 0 aromatic carbocycles. The normalized spacial score (nSPS) is 15.6. The highest BCUT2D eigenvalue weighted by molar-refractivity contribution is 5.77. The van der Waals surface area contributed by atoms with Crippen molar-refractivity contribution in [3.8, 4) is 0 Å². The molecule has 0 spiro atoms. The van der Waals surface area contributed by atoms with E-state index in [0.717, 1.165) is 32.1 Å². The molecule has 0 aromatic heterocycles. The Kier molecular flexibility index (Phi) is 6.06. The zero-order valence-electron chi connectivity index (χ0n) is 11.9. The van der Waals surface area contributed by atoms with E-state index in [4.69, 9.17) is 4.74 Å². The molecule has 0 bridgehead atoms. The molecule has 0 aliphatic heterocycles. The Hall–Kier alpha value is -0.530. The molecule has 2 nitrogen and oxygen atoms in total. The first kappa shape index (κ1) is 15.5. The van der Waals surface area contributed by atoms with E-state index in [2.05, 4.69) is 34.6 Å². The molecule has 0 radical (unpaired) electrons. The molecule has 0 saturated carbocycles. The summed E-state index contributed by atoms with van der Waals surface area (Å²) < 4.78 is 5.05. The second-order valence-electron chi connectivity index (χ2n) is 5.27. The summed E-state index contributed by atoms with van der Waals surface area (Å²) >= 11 is 0. The van der Waals surface area contributed by atoms with E-state index in [1.54, 1.807) is 0 Å². The van der Waals surface area contributed by atoms with Gasteiger partial charge in [0.2, 0.25) is 0 Å². The van der Waals surface area contributed by atoms with Crippen LogP contribution in [0, 0.1) is 10.8 Å². The lowest BCUT2D eigenvalue weighted by molar-refractivity contribution is -0.162. The van der Waals surface area contributed by atoms with Crippen LogP contribution in [0.2, 0.25) is 0 Å².